The topological polar surface area (TPSA) is 21.7 Å². The second-order valence-corrected chi connectivity index (χ2v) is 11.1. The van der Waals surface area contributed by atoms with Gasteiger partial charge in [-0.15, -0.1) is 0 Å². The van der Waals surface area contributed by atoms with Crippen LogP contribution < -0.4 is 10.4 Å². The Kier molecular flexibility index (Phi) is 4.93. The summed E-state index contributed by atoms with van der Waals surface area (Å²) in [7, 11) is -0.369. The first-order valence-electron chi connectivity index (χ1n) is 12.5. The lowest BCUT2D eigenvalue weighted by atomic mass is 9.76. The third-order valence-corrected chi connectivity index (χ3v) is 8.28. The highest BCUT2D eigenvalue weighted by molar-refractivity contribution is 6.62. The summed E-state index contributed by atoms with van der Waals surface area (Å²) in [5, 5.41) is 0. The third kappa shape index (κ3) is 3.42. The van der Waals surface area contributed by atoms with Crippen LogP contribution in [-0.2, 0) is 9.31 Å². The molecule has 3 aromatic carbocycles. The summed E-state index contributed by atoms with van der Waals surface area (Å²) in [4.78, 5) is 2.51. The van der Waals surface area contributed by atoms with Gasteiger partial charge < -0.3 is 14.2 Å². The summed E-state index contributed by atoms with van der Waals surface area (Å²) in [6, 6.07) is 26.2. The molecule has 1 fully saturated rings. The van der Waals surface area contributed by atoms with Gasteiger partial charge in [0.25, 0.3) is 0 Å². The average molecular weight is 461 g/mol. The van der Waals surface area contributed by atoms with Crippen molar-refractivity contribution in [1.29, 1.82) is 0 Å². The van der Waals surface area contributed by atoms with Gasteiger partial charge in [0.15, 0.2) is 0 Å². The van der Waals surface area contributed by atoms with E-state index in [0.29, 0.717) is 0 Å². The molecule has 1 saturated heterocycles. The Morgan fingerprint density at radius 3 is 2.23 bits per heavy atom. The smallest absolute Gasteiger partial charge is 0.399 e. The number of nitrogens with zero attached hydrogens (tertiary/aromatic N) is 1. The molecule has 0 saturated carbocycles. The molecule has 2 heterocycles. The van der Waals surface area contributed by atoms with Crippen molar-refractivity contribution in [3.63, 3.8) is 0 Å². The number of hydrogen-bond acceptors (Lipinski definition) is 3. The van der Waals surface area contributed by atoms with E-state index in [1.807, 2.05) is 0 Å². The van der Waals surface area contributed by atoms with Crippen LogP contribution in [0.15, 0.2) is 91.0 Å². The zero-order chi connectivity index (χ0) is 24.4. The van der Waals surface area contributed by atoms with Crippen LogP contribution in [0, 0.1) is 0 Å². The zero-order valence-electron chi connectivity index (χ0n) is 21.2. The second-order valence-electron chi connectivity index (χ2n) is 11.1. The Hall–Kier alpha value is -3.08. The highest BCUT2D eigenvalue weighted by Crippen LogP contribution is 2.54. The van der Waals surface area contributed by atoms with Gasteiger partial charge in [0.2, 0.25) is 0 Å². The Labute approximate surface area is 209 Å². The molecule has 0 radical (unpaired) electrons. The van der Waals surface area contributed by atoms with Crippen molar-refractivity contribution >= 4 is 29.5 Å². The molecule has 0 aromatic heterocycles. The molecule has 35 heavy (non-hydrogen) atoms. The lowest BCUT2D eigenvalue weighted by Crippen LogP contribution is -2.41. The van der Waals surface area contributed by atoms with E-state index in [0.717, 1.165) is 11.9 Å². The molecule has 1 aliphatic carbocycles. The van der Waals surface area contributed by atoms with Gasteiger partial charge in [-0.05, 0) is 81.4 Å². The van der Waals surface area contributed by atoms with E-state index < -0.39 is 0 Å². The van der Waals surface area contributed by atoms with Gasteiger partial charge in [-0.3, -0.25) is 0 Å². The number of anilines is 2. The number of rotatable bonds is 3. The lowest BCUT2D eigenvalue weighted by Gasteiger charge is -2.39. The van der Waals surface area contributed by atoms with Gasteiger partial charge in [-0.2, -0.15) is 0 Å². The van der Waals surface area contributed by atoms with Crippen LogP contribution in [0.4, 0.5) is 11.4 Å². The number of benzene rings is 3. The summed E-state index contributed by atoms with van der Waals surface area (Å²) < 4.78 is 12.8. The standard InChI is InChI=1S/C31H32BNO2/c1-29(2)30(3,4)35-32(34-29)24-17-18-28-26(21-24)27-16-9-10-19-31(27,5)33(28)25-15-11-14-23(20-25)22-12-7-6-8-13-22/h6-18,20-21H,19H2,1-5H3. The molecule has 3 nitrogen and oxygen atoms in total. The fourth-order valence-corrected chi connectivity index (χ4v) is 5.58. The largest absolute Gasteiger partial charge is 0.494 e. The van der Waals surface area contributed by atoms with Crippen LogP contribution in [-0.4, -0.2) is 23.9 Å². The highest BCUT2D eigenvalue weighted by atomic mass is 16.7. The molecule has 3 aromatic rings. The van der Waals surface area contributed by atoms with Crippen molar-refractivity contribution in [1.82, 2.24) is 0 Å². The first-order chi connectivity index (χ1) is 16.7. The monoisotopic (exact) mass is 461 g/mol. The number of hydrogen-bond donors (Lipinski definition) is 0. The summed E-state index contributed by atoms with van der Waals surface area (Å²) in [5.74, 6) is 0. The van der Waals surface area contributed by atoms with E-state index in [1.165, 1.54) is 33.6 Å². The fraction of sp³-hybridized carbons (Fsp3) is 0.290. The first-order valence-corrected chi connectivity index (χ1v) is 12.5. The molecule has 0 amide bonds. The summed E-state index contributed by atoms with van der Waals surface area (Å²) in [5.41, 5.74) is 7.70. The maximum atomic E-state index is 6.38. The van der Waals surface area contributed by atoms with Gasteiger partial charge in [0.05, 0.1) is 16.7 Å². The van der Waals surface area contributed by atoms with Crippen molar-refractivity contribution in [2.45, 2.75) is 57.8 Å². The Bertz CT molecular complexity index is 1340. The van der Waals surface area contributed by atoms with E-state index in [9.17, 15) is 0 Å². The fourth-order valence-electron chi connectivity index (χ4n) is 5.58. The van der Waals surface area contributed by atoms with Crippen molar-refractivity contribution in [3.05, 3.63) is 96.6 Å². The molecule has 0 N–H and O–H groups in total. The van der Waals surface area contributed by atoms with Gasteiger partial charge in [0, 0.05) is 16.9 Å². The van der Waals surface area contributed by atoms with E-state index in [1.54, 1.807) is 0 Å². The van der Waals surface area contributed by atoms with Crippen LogP contribution in [0.5, 0.6) is 0 Å². The highest BCUT2D eigenvalue weighted by Gasteiger charge is 2.52. The van der Waals surface area contributed by atoms with Crippen LogP contribution in [0.3, 0.4) is 0 Å². The summed E-state index contributed by atoms with van der Waals surface area (Å²) in [6.45, 7) is 10.8. The third-order valence-electron chi connectivity index (χ3n) is 8.28. The summed E-state index contributed by atoms with van der Waals surface area (Å²) in [6.07, 6.45) is 7.69. The predicted octanol–water partition coefficient (Wildman–Crippen LogP) is 6.91. The minimum atomic E-state index is -0.369. The molecule has 0 spiro atoms. The molecular formula is C31H32BNO2. The van der Waals surface area contributed by atoms with Crippen molar-refractivity contribution < 1.29 is 9.31 Å². The van der Waals surface area contributed by atoms with Crippen molar-refractivity contribution in [3.8, 4) is 11.1 Å². The van der Waals surface area contributed by atoms with Crippen LogP contribution in [0.2, 0.25) is 0 Å². The van der Waals surface area contributed by atoms with Crippen LogP contribution >= 0.6 is 0 Å². The van der Waals surface area contributed by atoms with Crippen molar-refractivity contribution in [2.24, 2.45) is 0 Å². The van der Waals surface area contributed by atoms with Crippen LogP contribution in [0.25, 0.3) is 16.7 Å². The van der Waals surface area contributed by atoms with Gasteiger partial charge in [0.1, 0.15) is 0 Å². The van der Waals surface area contributed by atoms with E-state index in [-0.39, 0.29) is 23.9 Å². The first kappa shape index (κ1) is 22.4. The number of allylic oxidation sites excluding steroid dienone is 2. The molecule has 0 bridgehead atoms. The predicted molar refractivity (Wildman–Crippen MR) is 146 cm³/mol. The average Bonchev–Trinajstić information content (AvgIpc) is 3.24. The SMILES string of the molecule is CC12CC=CC=C1c1cc(B3OC(C)(C)C(C)(C)O3)ccc1N2c1cccc(-c2ccccc2)c1. The van der Waals surface area contributed by atoms with E-state index in [2.05, 4.69) is 131 Å². The summed E-state index contributed by atoms with van der Waals surface area (Å²) >= 11 is 0. The van der Waals surface area contributed by atoms with Gasteiger partial charge >= 0.3 is 7.12 Å². The molecular weight excluding hydrogens is 429 g/mol. The Balaban J connectivity index is 1.45. The Morgan fingerprint density at radius 1 is 0.771 bits per heavy atom. The maximum Gasteiger partial charge on any atom is 0.494 e. The molecule has 176 valence electrons. The van der Waals surface area contributed by atoms with Crippen LogP contribution in [0.1, 0.15) is 46.6 Å². The molecule has 6 rings (SSSR count). The van der Waals surface area contributed by atoms with Gasteiger partial charge in [-0.25, -0.2) is 0 Å². The molecule has 4 heteroatoms. The zero-order valence-corrected chi connectivity index (χ0v) is 21.2. The van der Waals surface area contributed by atoms with E-state index in [4.69, 9.17) is 9.31 Å². The molecule has 1 unspecified atom stereocenters. The maximum absolute atomic E-state index is 6.38. The lowest BCUT2D eigenvalue weighted by molar-refractivity contribution is 0.00578. The van der Waals surface area contributed by atoms with Gasteiger partial charge in [-0.1, -0.05) is 72.8 Å². The normalized spacial score (nSPS) is 23.7. The second kappa shape index (κ2) is 7.71. The molecule has 2 aliphatic heterocycles. The minimum Gasteiger partial charge on any atom is -0.399 e. The minimum absolute atomic E-state index is 0.152. The quantitative estimate of drug-likeness (QED) is 0.396. The Morgan fingerprint density at radius 2 is 1.49 bits per heavy atom. The molecule has 3 aliphatic rings. The van der Waals surface area contributed by atoms with E-state index >= 15 is 0 Å². The van der Waals surface area contributed by atoms with Crippen molar-refractivity contribution in [2.75, 3.05) is 4.90 Å². The molecule has 1 atom stereocenters. The number of fused-ring (bicyclic) bond motifs is 3.